The molecule has 23 heavy (non-hydrogen) atoms. The molecule has 1 aromatic heterocycles. The molecule has 1 aromatic carbocycles. The number of methoxy groups -OCH3 is 1. The first-order valence-corrected chi connectivity index (χ1v) is 7.40. The molecule has 0 saturated heterocycles. The lowest BCUT2D eigenvalue weighted by atomic mass is 10.2. The first-order chi connectivity index (χ1) is 11.0. The van der Waals surface area contributed by atoms with Crippen LogP contribution in [0.1, 0.15) is 16.1 Å². The molecule has 2 aromatic rings. The van der Waals surface area contributed by atoms with E-state index in [2.05, 4.69) is 0 Å². The number of benzene rings is 1. The minimum atomic E-state index is -0.899. The van der Waals surface area contributed by atoms with E-state index in [-0.39, 0.29) is 22.7 Å². The Morgan fingerprint density at radius 2 is 2.04 bits per heavy atom. The SMILES string of the molecule is COC(=O)c1c(N)c(C#N)cn1-c1ccc(SCC(=O)O)cc1. The van der Waals surface area contributed by atoms with Crippen LogP contribution in [0.3, 0.4) is 0 Å². The van der Waals surface area contributed by atoms with Crippen LogP contribution in [0.4, 0.5) is 5.69 Å². The Bertz CT molecular complexity index is 790. The lowest BCUT2D eigenvalue weighted by Gasteiger charge is -2.09. The lowest BCUT2D eigenvalue weighted by molar-refractivity contribution is -0.133. The van der Waals surface area contributed by atoms with Gasteiger partial charge < -0.3 is 20.1 Å². The zero-order valence-electron chi connectivity index (χ0n) is 12.1. The Hall–Kier alpha value is -2.92. The third-order valence-corrected chi connectivity index (χ3v) is 4.02. The van der Waals surface area contributed by atoms with Crippen molar-refractivity contribution in [2.75, 3.05) is 18.6 Å². The second-order valence-corrected chi connectivity index (χ2v) is 5.50. The molecule has 1 heterocycles. The number of carbonyl (C=O) groups is 2. The second-order valence-electron chi connectivity index (χ2n) is 4.45. The molecule has 0 fully saturated rings. The van der Waals surface area contributed by atoms with Gasteiger partial charge in [-0.2, -0.15) is 5.26 Å². The summed E-state index contributed by atoms with van der Waals surface area (Å²) in [6, 6.07) is 8.79. The molecule has 0 spiro atoms. The molecule has 0 aliphatic carbocycles. The number of carboxylic acids is 1. The van der Waals surface area contributed by atoms with Gasteiger partial charge in [0.1, 0.15) is 6.07 Å². The van der Waals surface area contributed by atoms with Gasteiger partial charge in [-0.05, 0) is 24.3 Å². The molecule has 0 bridgehead atoms. The number of anilines is 1. The molecule has 118 valence electrons. The highest BCUT2D eigenvalue weighted by molar-refractivity contribution is 8.00. The van der Waals surface area contributed by atoms with E-state index in [4.69, 9.17) is 20.8 Å². The molecule has 8 heteroatoms. The average Bonchev–Trinajstić information content (AvgIpc) is 2.89. The standard InChI is InChI=1S/C15H13N3O4S/c1-22-15(21)14-13(17)9(6-16)7-18(14)10-2-4-11(5-3-10)23-8-12(19)20/h2-5,7H,8,17H2,1H3,(H,19,20). The third kappa shape index (κ3) is 3.46. The van der Waals surface area contributed by atoms with Crippen molar-refractivity contribution in [2.24, 2.45) is 0 Å². The fraction of sp³-hybridized carbons (Fsp3) is 0.133. The molecule has 0 unspecified atom stereocenters. The monoisotopic (exact) mass is 331 g/mol. The van der Waals surface area contributed by atoms with Gasteiger partial charge >= 0.3 is 11.9 Å². The minimum Gasteiger partial charge on any atom is -0.481 e. The highest BCUT2D eigenvalue weighted by Gasteiger charge is 2.21. The van der Waals surface area contributed by atoms with Gasteiger partial charge in [-0.25, -0.2) is 4.79 Å². The summed E-state index contributed by atoms with van der Waals surface area (Å²) >= 11 is 1.18. The van der Waals surface area contributed by atoms with Crippen LogP contribution in [0.25, 0.3) is 5.69 Å². The molecule has 0 amide bonds. The molecule has 0 saturated carbocycles. The van der Waals surface area contributed by atoms with Gasteiger partial charge in [-0.15, -0.1) is 11.8 Å². The number of esters is 1. The van der Waals surface area contributed by atoms with Crippen LogP contribution in [0.15, 0.2) is 35.4 Å². The summed E-state index contributed by atoms with van der Waals surface area (Å²) in [7, 11) is 1.23. The van der Waals surface area contributed by atoms with Crippen LogP contribution in [0, 0.1) is 11.3 Å². The normalized spacial score (nSPS) is 10.1. The average molecular weight is 331 g/mol. The first kappa shape index (κ1) is 16.5. The smallest absolute Gasteiger partial charge is 0.357 e. The number of carboxylic acid groups (broad SMARTS) is 1. The van der Waals surface area contributed by atoms with E-state index in [0.717, 1.165) is 4.90 Å². The minimum absolute atomic E-state index is 0.0399. The Morgan fingerprint density at radius 1 is 1.39 bits per heavy atom. The van der Waals surface area contributed by atoms with Crippen LogP contribution in [-0.4, -0.2) is 34.5 Å². The van der Waals surface area contributed by atoms with E-state index in [1.54, 1.807) is 24.3 Å². The number of nitrogens with zero attached hydrogens (tertiary/aromatic N) is 2. The predicted molar refractivity (Wildman–Crippen MR) is 84.6 cm³/mol. The second kappa shape index (κ2) is 6.89. The van der Waals surface area contributed by atoms with Crippen LogP contribution in [0.5, 0.6) is 0 Å². The highest BCUT2D eigenvalue weighted by Crippen LogP contribution is 2.26. The number of nitriles is 1. The molecular formula is C15H13N3O4S. The van der Waals surface area contributed by atoms with E-state index in [1.165, 1.54) is 29.6 Å². The van der Waals surface area contributed by atoms with Crippen molar-refractivity contribution < 1.29 is 19.4 Å². The predicted octanol–water partition coefficient (Wildman–Crippen LogP) is 1.89. The van der Waals surface area contributed by atoms with Gasteiger partial charge in [-0.3, -0.25) is 4.79 Å². The number of aromatic nitrogens is 1. The quantitative estimate of drug-likeness (QED) is 0.634. The molecule has 7 nitrogen and oxygen atoms in total. The summed E-state index contributed by atoms with van der Waals surface area (Å²) in [4.78, 5) is 23.2. The van der Waals surface area contributed by atoms with Crippen molar-refractivity contribution in [3.8, 4) is 11.8 Å². The van der Waals surface area contributed by atoms with Crippen molar-refractivity contribution in [2.45, 2.75) is 4.90 Å². The Morgan fingerprint density at radius 3 is 2.57 bits per heavy atom. The summed E-state index contributed by atoms with van der Waals surface area (Å²) in [6.07, 6.45) is 1.46. The van der Waals surface area contributed by atoms with E-state index in [0.29, 0.717) is 5.69 Å². The zero-order valence-corrected chi connectivity index (χ0v) is 13.0. The summed E-state index contributed by atoms with van der Waals surface area (Å²) < 4.78 is 6.18. The third-order valence-electron chi connectivity index (χ3n) is 3.02. The maximum absolute atomic E-state index is 11.9. The molecular weight excluding hydrogens is 318 g/mol. The number of hydrogen-bond donors (Lipinski definition) is 2. The Balaban J connectivity index is 2.40. The first-order valence-electron chi connectivity index (χ1n) is 6.42. The van der Waals surface area contributed by atoms with Crippen molar-refractivity contribution in [1.29, 1.82) is 5.26 Å². The maximum Gasteiger partial charge on any atom is 0.357 e. The fourth-order valence-corrected chi connectivity index (χ4v) is 2.58. The van der Waals surface area contributed by atoms with Crippen molar-refractivity contribution in [3.05, 3.63) is 41.7 Å². The highest BCUT2D eigenvalue weighted by atomic mass is 32.2. The van der Waals surface area contributed by atoms with E-state index in [9.17, 15) is 9.59 Å². The zero-order chi connectivity index (χ0) is 17.0. The van der Waals surface area contributed by atoms with Gasteiger partial charge in [-0.1, -0.05) is 0 Å². The van der Waals surface area contributed by atoms with E-state index in [1.807, 2.05) is 6.07 Å². The van der Waals surface area contributed by atoms with E-state index < -0.39 is 11.9 Å². The van der Waals surface area contributed by atoms with Gasteiger partial charge in [0.2, 0.25) is 0 Å². The topological polar surface area (TPSA) is 118 Å². The molecule has 2 rings (SSSR count). The van der Waals surface area contributed by atoms with Crippen LogP contribution in [0.2, 0.25) is 0 Å². The van der Waals surface area contributed by atoms with Gasteiger partial charge in [0.05, 0.1) is 24.1 Å². The molecule has 0 radical (unpaired) electrons. The number of rotatable bonds is 5. The molecule has 0 aliphatic rings. The summed E-state index contributed by atoms with van der Waals surface area (Å²) in [6.45, 7) is 0. The lowest BCUT2D eigenvalue weighted by Crippen LogP contribution is -2.11. The number of nitrogens with two attached hydrogens (primary N) is 1. The Kier molecular flexibility index (Phi) is 4.93. The molecule has 0 aliphatic heterocycles. The van der Waals surface area contributed by atoms with E-state index >= 15 is 0 Å². The van der Waals surface area contributed by atoms with Crippen LogP contribution < -0.4 is 5.73 Å². The molecule has 0 atom stereocenters. The maximum atomic E-state index is 11.9. The Labute approximate surface area is 136 Å². The summed E-state index contributed by atoms with van der Waals surface area (Å²) in [5.41, 5.74) is 6.75. The largest absolute Gasteiger partial charge is 0.481 e. The number of thioether (sulfide) groups is 1. The van der Waals surface area contributed by atoms with Gasteiger partial charge in [0.25, 0.3) is 0 Å². The summed E-state index contributed by atoms with van der Waals surface area (Å²) in [5.74, 6) is -1.58. The number of ether oxygens (including phenoxy) is 1. The molecule has 3 N–H and O–H groups in total. The van der Waals surface area contributed by atoms with Gasteiger partial charge in [0.15, 0.2) is 5.69 Å². The fourth-order valence-electron chi connectivity index (χ4n) is 1.97. The van der Waals surface area contributed by atoms with Crippen molar-refractivity contribution in [3.63, 3.8) is 0 Å². The van der Waals surface area contributed by atoms with Gasteiger partial charge in [0, 0.05) is 16.8 Å². The number of aliphatic carboxylic acids is 1. The van der Waals surface area contributed by atoms with Crippen LogP contribution >= 0.6 is 11.8 Å². The number of carbonyl (C=O) groups excluding carboxylic acids is 1. The number of hydrogen-bond acceptors (Lipinski definition) is 6. The van der Waals surface area contributed by atoms with Crippen molar-refractivity contribution in [1.82, 2.24) is 4.57 Å². The number of nitrogen functional groups attached to an aromatic ring is 1. The van der Waals surface area contributed by atoms with Crippen LogP contribution in [-0.2, 0) is 9.53 Å². The van der Waals surface area contributed by atoms with Crippen molar-refractivity contribution >= 4 is 29.4 Å². The summed E-state index contributed by atoms with van der Waals surface area (Å²) in [5, 5.41) is 17.7.